The molecule has 0 bridgehead atoms. The Hall–Kier alpha value is -3.95. The topological polar surface area (TPSA) is 64.9 Å². The standard InChI is InChI=1S/C21H15F4N5O/c22-18-3-1-2-4-19(18)31-17-7-5-16(6-8-17)30-13-15(28-29-30)12-27-14-9-10-26-20(11-14)21(23,24)25/h1-11,13H,12H2,(H,26,27). The lowest BCUT2D eigenvalue weighted by molar-refractivity contribution is -0.141. The molecule has 2 aromatic carbocycles. The molecule has 31 heavy (non-hydrogen) atoms. The van der Waals surface area contributed by atoms with E-state index in [-0.39, 0.29) is 18.0 Å². The summed E-state index contributed by atoms with van der Waals surface area (Å²) >= 11 is 0. The number of anilines is 1. The van der Waals surface area contributed by atoms with E-state index >= 15 is 0 Å². The number of benzene rings is 2. The third-order valence-corrected chi connectivity index (χ3v) is 4.23. The summed E-state index contributed by atoms with van der Waals surface area (Å²) in [5.41, 5.74) is 0.505. The van der Waals surface area contributed by atoms with Gasteiger partial charge in [-0.15, -0.1) is 5.10 Å². The van der Waals surface area contributed by atoms with Crippen LogP contribution >= 0.6 is 0 Å². The molecule has 2 aromatic heterocycles. The van der Waals surface area contributed by atoms with Crippen molar-refractivity contribution in [1.82, 2.24) is 20.0 Å². The second-order valence-corrected chi connectivity index (χ2v) is 6.46. The molecule has 4 rings (SSSR count). The van der Waals surface area contributed by atoms with Crippen molar-refractivity contribution >= 4 is 5.69 Å². The first-order valence-corrected chi connectivity index (χ1v) is 9.10. The minimum atomic E-state index is -4.51. The summed E-state index contributed by atoms with van der Waals surface area (Å²) in [6.07, 6.45) is -1.78. The van der Waals surface area contributed by atoms with Crippen molar-refractivity contribution in [3.8, 4) is 17.2 Å². The van der Waals surface area contributed by atoms with Gasteiger partial charge in [-0.2, -0.15) is 13.2 Å². The molecule has 10 heteroatoms. The second kappa shape index (κ2) is 8.42. The zero-order valence-corrected chi connectivity index (χ0v) is 15.8. The molecule has 0 fully saturated rings. The van der Waals surface area contributed by atoms with Crippen molar-refractivity contribution in [2.24, 2.45) is 0 Å². The summed E-state index contributed by atoms with van der Waals surface area (Å²) in [6.45, 7) is 0.176. The first kappa shape index (κ1) is 20.3. The van der Waals surface area contributed by atoms with E-state index in [1.165, 1.54) is 22.9 Å². The molecule has 0 atom stereocenters. The normalized spacial score (nSPS) is 11.4. The van der Waals surface area contributed by atoms with Crippen molar-refractivity contribution in [3.63, 3.8) is 0 Å². The van der Waals surface area contributed by atoms with Crippen LogP contribution in [-0.2, 0) is 12.7 Å². The van der Waals surface area contributed by atoms with Gasteiger partial charge in [-0.25, -0.2) is 9.07 Å². The van der Waals surface area contributed by atoms with Gasteiger partial charge in [0.1, 0.15) is 17.1 Å². The van der Waals surface area contributed by atoms with Crippen LogP contribution in [0.2, 0.25) is 0 Å². The molecule has 0 aliphatic carbocycles. The smallest absolute Gasteiger partial charge is 0.433 e. The Morgan fingerprint density at radius 3 is 2.52 bits per heavy atom. The molecule has 0 amide bonds. The number of nitrogens with zero attached hydrogens (tertiary/aromatic N) is 4. The van der Waals surface area contributed by atoms with E-state index in [0.29, 0.717) is 17.1 Å². The van der Waals surface area contributed by atoms with Crippen LogP contribution in [0.5, 0.6) is 11.5 Å². The van der Waals surface area contributed by atoms with Gasteiger partial charge in [-0.3, -0.25) is 4.98 Å². The summed E-state index contributed by atoms with van der Waals surface area (Å²) in [5.74, 6) is 0.111. The fourth-order valence-electron chi connectivity index (χ4n) is 2.72. The van der Waals surface area contributed by atoms with Crippen molar-refractivity contribution in [2.45, 2.75) is 12.7 Å². The minimum Gasteiger partial charge on any atom is -0.454 e. The van der Waals surface area contributed by atoms with Crippen LogP contribution in [0.15, 0.2) is 73.1 Å². The predicted octanol–water partition coefficient (Wildman–Crippen LogP) is 5.22. The molecule has 4 aromatic rings. The first-order chi connectivity index (χ1) is 14.9. The molecule has 2 heterocycles. The number of hydrogen-bond acceptors (Lipinski definition) is 5. The van der Waals surface area contributed by atoms with Gasteiger partial charge >= 0.3 is 6.18 Å². The lowest BCUT2D eigenvalue weighted by Gasteiger charge is -2.08. The zero-order chi connectivity index (χ0) is 21.8. The van der Waals surface area contributed by atoms with Gasteiger partial charge in [-0.1, -0.05) is 17.3 Å². The summed E-state index contributed by atoms with van der Waals surface area (Å²) < 4.78 is 59.0. The number of alkyl halides is 3. The van der Waals surface area contributed by atoms with Gasteiger partial charge in [0, 0.05) is 11.9 Å². The number of para-hydroxylation sites is 1. The summed E-state index contributed by atoms with van der Waals surface area (Å²) in [7, 11) is 0. The number of pyridine rings is 1. The van der Waals surface area contributed by atoms with Crippen LogP contribution in [0.3, 0.4) is 0 Å². The molecule has 0 aliphatic rings. The van der Waals surface area contributed by atoms with E-state index in [1.54, 1.807) is 42.6 Å². The Kier molecular flexibility index (Phi) is 5.52. The van der Waals surface area contributed by atoms with Crippen molar-refractivity contribution in [1.29, 1.82) is 0 Å². The zero-order valence-electron chi connectivity index (χ0n) is 15.8. The molecular weight excluding hydrogens is 414 g/mol. The Balaban J connectivity index is 1.40. The van der Waals surface area contributed by atoms with E-state index in [1.807, 2.05) is 0 Å². The van der Waals surface area contributed by atoms with E-state index in [9.17, 15) is 17.6 Å². The molecule has 6 nitrogen and oxygen atoms in total. The molecular formula is C21H15F4N5O. The molecule has 0 radical (unpaired) electrons. The number of aromatic nitrogens is 4. The van der Waals surface area contributed by atoms with Crippen LogP contribution in [0.25, 0.3) is 5.69 Å². The van der Waals surface area contributed by atoms with Gasteiger partial charge in [0.25, 0.3) is 0 Å². The average molecular weight is 429 g/mol. The fraction of sp³-hybridized carbons (Fsp3) is 0.0952. The average Bonchev–Trinajstić information content (AvgIpc) is 3.23. The van der Waals surface area contributed by atoms with Crippen molar-refractivity contribution in [3.05, 3.63) is 90.3 Å². The van der Waals surface area contributed by atoms with E-state index in [4.69, 9.17) is 4.74 Å². The first-order valence-electron chi connectivity index (χ1n) is 9.10. The summed E-state index contributed by atoms with van der Waals surface area (Å²) in [5, 5.41) is 10.9. The Morgan fingerprint density at radius 1 is 1.00 bits per heavy atom. The summed E-state index contributed by atoms with van der Waals surface area (Å²) in [6, 6.07) is 15.2. The highest BCUT2D eigenvalue weighted by molar-refractivity contribution is 5.44. The number of rotatable bonds is 6. The van der Waals surface area contributed by atoms with Crippen molar-refractivity contribution < 1.29 is 22.3 Å². The van der Waals surface area contributed by atoms with E-state index in [0.717, 1.165) is 12.3 Å². The quantitative estimate of drug-likeness (QED) is 0.426. The van der Waals surface area contributed by atoms with Gasteiger partial charge in [-0.05, 0) is 48.5 Å². The van der Waals surface area contributed by atoms with Gasteiger partial charge in [0.15, 0.2) is 11.6 Å². The van der Waals surface area contributed by atoms with Crippen LogP contribution in [0.1, 0.15) is 11.4 Å². The molecule has 1 N–H and O–H groups in total. The fourth-order valence-corrected chi connectivity index (χ4v) is 2.72. The Morgan fingerprint density at radius 2 is 1.77 bits per heavy atom. The predicted molar refractivity (Wildman–Crippen MR) is 104 cm³/mol. The Labute approximate surface area is 174 Å². The maximum Gasteiger partial charge on any atom is 0.433 e. The number of ether oxygens (including phenoxy) is 1. The molecule has 0 saturated heterocycles. The molecule has 158 valence electrons. The number of halogens is 4. The SMILES string of the molecule is Fc1ccccc1Oc1ccc(-n2cc(CNc3ccnc(C(F)(F)F)c3)nn2)cc1. The molecule has 0 spiro atoms. The molecule has 0 unspecified atom stereocenters. The summed E-state index contributed by atoms with van der Waals surface area (Å²) in [4.78, 5) is 3.32. The van der Waals surface area contributed by atoms with E-state index in [2.05, 4.69) is 20.6 Å². The molecule has 0 aliphatic heterocycles. The van der Waals surface area contributed by atoms with E-state index < -0.39 is 17.7 Å². The number of hydrogen-bond donors (Lipinski definition) is 1. The largest absolute Gasteiger partial charge is 0.454 e. The van der Waals surface area contributed by atoms with Crippen LogP contribution in [0, 0.1) is 5.82 Å². The minimum absolute atomic E-state index is 0.120. The lowest BCUT2D eigenvalue weighted by Crippen LogP contribution is -2.09. The van der Waals surface area contributed by atoms with Gasteiger partial charge in [0.2, 0.25) is 0 Å². The maximum absolute atomic E-state index is 13.7. The number of nitrogens with one attached hydrogen (secondary N) is 1. The highest BCUT2D eigenvalue weighted by Crippen LogP contribution is 2.29. The lowest BCUT2D eigenvalue weighted by atomic mass is 10.3. The maximum atomic E-state index is 13.7. The highest BCUT2D eigenvalue weighted by Gasteiger charge is 2.32. The van der Waals surface area contributed by atoms with Crippen LogP contribution < -0.4 is 10.1 Å². The Bertz CT molecular complexity index is 1170. The third-order valence-electron chi connectivity index (χ3n) is 4.23. The third kappa shape index (κ3) is 4.97. The monoisotopic (exact) mass is 429 g/mol. The highest BCUT2D eigenvalue weighted by atomic mass is 19.4. The van der Waals surface area contributed by atoms with Crippen LogP contribution in [0.4, 0.5) is 23.2 Å². The van der Waals surface area contributed by atoms with Gasteiger partial charge in [0.05, 0.1) is 18.4 Å². The van der Waals surface area contributed by atoms with Gasteiger partial charge < -0.3 is 10.1 Å². The molecule has 0 saturated carbocycles. The van der Waals surface area contributed by atoms with Crippen LogP contribution in [-0.4, -0.2) is 20.0 Å². The van der Waals surface area contributed by atoms with Crippen molar-refractivity contribution in [2.75, 3.05) is 5.32 Å². The second-order valence-electron chi connectivity index (χ2n) is 6.46.